The highest BCUT2D eigenvalue weighted by Gasteiger charge is 2.61. The van der Waals surface area contributed by atoms with E-state index >= 15 is 0 Å². The van der Waals surface area contributed by atoms with Gasteiger partial charge in [-0.1, -0.05) is 84.2 Å². The highest BCUT2D eigenvalue weighted by molar-refractivity contribution is 5.90. The molecular formula is C39H45N5O7. The molecule has 12 heteroatoms. The standard InChI is InChI=1S/C39H45N5O7/c1-6-7-8-9-11-23-12-10-13-25-30(23)44-38-39(25)26-16-22(14-15-28(26)50-38)17-27(41-35(48)32(46)21(4)5)34(47)42-29(20(2)3)37-43-31(33(39)51-37)36-40-24(18-45)19-49-36/h10,12-16,18-21,27,29,32,38,44,46H,6-9,11,17H2,1-5H3,(H,41,48)(H,42,47)/t27-,29-,32-,38?,39?/m0/s1. The van der Waals surface area contributed by atoms with E-state index in [-0.39, 0.29) is 41.4 Å². The third-order valence-corrected chi connectivity index (χ3v) is 10.3. The summed E-state index contributed by atoms with van der Waals surface area (Å²) in [6.45, 7) is 9.55. The van der Waals surface area contributed by atoms with Gasteiger partial charge in [0.05, 0.1) is 0 Å². The molecule has 5 heterocycles. The quantitative estimate of drug-likeness (QED) is 0.114. The molecule has 4 N–H and O–H groups in total. The molecule has 4 aromatic rings. The number of unbranched alkanes of at least 4 members (excludes halogenated alkanes) is 3. The number of rotatable bonds is 11. The second-order valence-corrected chi connectivity index (χ2v) is 14.5. The van der Waals surface area contributed by atoms with Crippen LogP contribution in [0.1, 0.15) is 111 Å². The van der Waals surface area contributed by atoms with Crippen LogP contribution in [0.2, 0.25) is 0 Å². The molecule has 4 bridgehead atoms. The number of nitrogens with zero attached hydrogens (tertiary/aromatic N) is 2. The minimum atomic E-state index is -1.29. The Morgan fingerprint density at radius 3 is 2.65 bits per heavy atom. The second kappa shape index (κ2) is 13.6. The molecule has 2 amide bonds. The van der Waals surface area contributed by atoms with Gasteiger partial charge in [0.1, 0.15) is 41.3 Å². The van der Waals surface area contributed by atoms with Gasteiger partial charge in [-0.3, -0.25) is 14.4 Å². The number of hydrogen-bond acceptors (Lipinski definition) is 10. The molecule has 0 aliphatic carbocycles. The van der Waals surface area contributed by atoms with E-state index in [4.69, 9.17) is 18.6 Å². The van der Waals surface area contributed by atoms with Crippen molar-refractivity contribution in [1.29, 1.82) is 0 Å². The highest BCUT2D eigenvalue weighted by Crippen LogP contribution is 2.60. The summed E-state index contributed by atoms with van der Waals surface area (Å²) in [6, 6.07) is 10.3. The molecule has 2 aromatic carbocycles. The fourth-order valence-corrected chi connectivity index (χ4v) is 7.54. The van der Waals surface area contributed by atoms with Gasteiger partial charge in [0.2, 0.25) is 23.6 Å². The molecule has 5 atom stereocenters. The van der Waals surface area contributed by atoms with Crippen molar-refractivity contribution >= 4 is 23.8 Å². The highest BCUT2D eigenvalue weighted by atomic mass is 16.5. The molecule has 3 aliphatic rings. The number of benzene rings is 2. The van der Waals surface area contributed by atoms with Crippen LogP contribution in [0.3, 0.4) is 0 Å². The van der Waals surface area contributed by atoms with Crippen LogP contribution in [0.4, 0.5) is 5.69 Å². The molecule has 1 spiro atoms. The van der Waals surface area contributed by atoms with Gasteiger partial charge in [-0.2, -0.15) is 0 Å². The maximum Gasteiger partial charge on any atom is 0.249 e. The number of ether oxygens (including phenoxy) is 1. The molecule has 2 aromatic heterocycles. The molecule has 0 saturated carbocycles. The lowest BCUT2D eigenvalue weighted by Crippen LogP contribution is -2.52. The summed E-state index contributed by atoms with van der Waals surface area (Å²) in [6.07, 6.45) is 5.48. The van der Waals surface area contributed by atoms with Gasteiger partial charge in [0.15, 0.2) is 24.0 Å². The molecule has 0 radical (unpaired) electrons. The Morgan fingerprint density at radius 2 is 1.92 bits per heavy atom. The first-order chi connectivity index (χ1) is 24.6. The Balaban J connectivity index is 1.46. The summed E-state index contributed by atoms with van der Waals surface area (Å²) >= 11 is 0. The normalized spacial score (nSPS) is 22.3. The monoisotopic (exact) mass is 695 g/mol. The molecule has 12 nitrogen and oxygen atoms in total. The number of carbonyl (C=O) groups excluding carboxylic acids is 3. The SMILES string of the molecule is CCCCCCc1cccc2c1NC1Oc3ccc4cc3C21c1oc(nc1-c1nc(C=O)co1)[C@H](C(C)C)NC(=O)[C@@H](NC(=O)[C@@H](O)C(C)C)C4. The number of amides is 2. The Morgan fingerprint density at radius 1 is 1.10 bits per heavy atom. The number of para-hydroxylation sites is 1. The molecule has 51 heavy (non-hydrogen) atoms. The number of aliphatic hydroxyl groups excluding tert-OH is 1. The maximum absolute atomic E-state index is 14.1. The number of aliphatic hydroxyl groups is 1. The van der Waals surface area contributed by atoms with E-state index in [9.17, 15) is 19.5 Å². The van der Waals surface area contributed by atoms with Crippen LogP contribution < -0.4 is 20.7 Å². The smallest absolute Gasteiger partial charge is 0.249 e. The molecular weight excluding hydrogens is 650 g/mol. The van der Waals surface area contributed by atoms with E-state index in [1.165, 1.54) is 18.2 Å². The molecule has 0 fully saturated rings. The number of fused-ring (bicyclic) bond motifs is 4. The summed E-state index contributed by atoms with van der Waals surface area (Å²) in [4.78, 5) is 48.3. The van der Waals surface area contributed by atoms with Crippen LogP contribution in [-0.2, 0) is 27.8 Å². The zero-order valence-corrected chi connectivity index (χ0v) is 29.6. The Kier molecular flexibility index (Phi) is 9.21. The van der Waals surface area contributed by atoms with Crippen molar-refractivity contribution in [3.05, 3.63) is 82.3 Å². The van der Waals surface area contributed by atoms with Crippen molar-refractivity contribution in [1.82, 2.24) is 20.6 Å². The zero-order chi connectivity index (χ0) is 36.0. The van der Waals surface area contributed by atoms with E-state index in [0.29, 0.717) is 17.8 Å². The van der Waals surface area contributed by atoms with Crippen molar-refractivity contribution in [3.8, 4) is 17.3 Å². The Labute approximate surface area is 296 Å². The van der Waals surface area contributed by atoms with Gasteiger partial charge in [-0.15, -0.1) is 0 Å². The fourth-order valence-electron chi connectivity index (χ4n) is 7.54. The number of aromatic nitrogens is 2. The summed E-state index contributed by atoms with van der Waals surface area (Å²) in [5, 5.41) is 20.2. The minimum absolute atomic E-state index is 0.0977. The van der Waals surface area contributed by atoms with E-state index in [2.05, 4.69) is 46.1 Å². The molecule has 2 unspecified atom stereocenters. The summed E-state index contributed by atoms with van der Waals surface area (Å²) < 4.78 is 19.5. The summed E-state index contributed by atoms with van der Waals surface area (Å²) in [7, 11) is 0. The minimum Gasteiger partial charge on any atom is -0.469 e. The number of carbonyl (C=O) groups is 3. The van der Waals surface area contributed by atoms with Gasteiger partial charge < -0.3 is 34.6 Å². The first-order valence-electron chi connectivity index (χ1n) is 18.0. The molecule has 268 valence electrons. The summed E-state index contributed by atoms with van der Waals surface area (Å²) in [5.74, 6) is -0.282. The predicted molar refractivity (Wildman–Crippen MR) is 188 cm³/mol. The van der Waals surface area contributed by atoms with Crippen molar-refractivity contribution in [3.63, 3.8) is 0 Å². The predicted octanol–water partition coefficient (Wildman–Crippen LogP) is 5.61. The fraction of sp³-hybridized carbons (Fsp3) is 0.462. The van der Waals surface area contributed by atoms with Crippen molar-refractivity contribution < 1.29 is 33.1 Å². The number of nitrogens with one attached hydrogen (secondary N) is 3. The largest absolute Gasteiger partial charge is 0.469 e. The van der Waals surface area contributed by atoms with Crippen LogP contribution in [0, 0.1) is 11.8 Å². The van der Waals surface area contributed by atoms with Gasteiger partial charge in [-0.05, 0) is 47.4 Å². The van der Waals surface area contributed by atoms with Crippen molar-refractivity contribution in [2.45, 2.75) is 103 Å². The first kappa shape index (κ1) is 34.5. The van der Waals surface area contributed by atoms with Crippen LogP contribution >= 0.6 is 0 Å². The zero-order valence-electron chi connectivity index (χ0n) is 29.6. The lowest BCUT2D eigenvalue weighted by atomic mass is 9.72. The number of aryl methyl sites for hydroxylation is 1. The van der Waals surface area contributed by atoms with Gasteiger partial charge in [0.25, 0.3) is 0 Å². The third-order valence-electron chi connectivity index (χ3n) is 10.3. The molecule has 0 saturated heterocycles. The maximum atomic E-state index is 14.1. The van der Waals surface area contributed by atoms with E-state index in [1.807, 2.05) is 32.0 Å². The van der Waals surface area contributed by atoms with E-state index < -0.39 is 41.6 Å². The first-order valence-corrected chi connectivity index (χ1v) is 18.0. The van der Waals surface area contributed by atoms with Crippen LogP contribution in [0.25, 0.3) is 11.6 Å². The van der Waals surface area contributed by atoms with Crippen LogP contribution in [0.15, 0.2) is 51.5 Å². The van der Waals surface area contributed by atoms with Crippen molar-refractivity contribution in [2.75, 3.05) is 5.32 Å². The third kappa shape index (κ3) is 5.88. The Hall–Kier alpha value is -4.97. The summed E-state index contributed by atoms with van der Waals surface area (Å²) in [5.41, 5.74) is 3.95. The second-order valence-electron chi connectivity index (χ2n) is 14.5. The average molecular weight is 696 g/mol. The van der Waals surface area contributed by atoms with E-state index in [1.54, 1.807) is 13.8 Å². The molecule has 3 aliphatic heterocycles. The molecule has 7 rings (SSSR count). The number of hydrogen-bond donors (Lipinski definition) is 4. The topological polar surface area (TPSA) is 169 Å². The van der Waals surface area contributed by atoms with Gasteiger partial charge >= 0.3 is 0 Å². The van der Waals surface area contributed by atoms with Crippen LogP contribution in [-0.4, -0.2) is 51.5 Å². The van der Waals surface area contributed by atoms with Crippen molar-refractivity contribution in [2.24, 2.45) is 11.8 Å². The van der Waals surface area contributed by atoms with Gasteiger partial charge in [-0.25, -0.2) is 9.97 Å². The van der Waals surface area contributed by atoms with E-state index in [0.717, 1.165) is 48.1 Å². The number of aldehydes is 1. The number of oxazole rings is 2. The van der Waals surface area contributed by atoms with Gasteiger partial charge in [0, 0.05) is 17.7 Å². The van der Waals surface area contributed by atoms with Crippen LogP contribution in [0.5, 0.6) is 5.75 Å². The Bertz CT molecular complexity index is 1960. The number of anilines is 1. The lowest BCUT2D eigenvalue weighted by Gasteiger charge is -2.29. The average Bonchev–Trinajstić information content (AvgIpc) is 3.89. The lowest BCUT2D eigenvalue weighted by molar-refractivity contribution is -0.135.